The Morgan fingerprint density at radius 3 is 2.43 bits per heavy atom. The van der Waals surface area contributed by atoms with E-state index in [4.69, 9.17) is 39.5 Å². The van der Waals surface area contributed by atoms with Gasteiger partial charge in [0.15, 0.2) is 0 Å². The number of aliphatic hydroxyl groups excluding tert-OH is 4. The summed E-state index contributed by atoms with van der Waals surface area (Å²) in [5.74, 6) is -0.279. The Morgan fingerprint density at radius 1 is 1.05 bits per heavy atom. The minimum Gasteiger partial charge on any atom is -0.459 e. The van der Waals surface area contributed by atoms with E-state index >= 15 is 0 Å². The summed E-state index contributed by atoms with van der Waals surface area (Å²) >= 11 is 20.2. The van der Waals surface area contributed by atoms with Crippen LogP contribution in [0.5, 0.6) is 0 Å². The van der Waals surface area contributed by atoms with Crippen molar-refractivity contribution < 1.29 is 30.0 Å². The zero-order chi connectivity index (χ0) is 27.1. The molecule has 0 radical (unpaired) electrons. The third-order valence-electron chi connectivity index (χ3n) is 7.08. The number of halogens is 3. The lowest BCUT2D eigenvalue weighted by Crippen LogP contribution is -2.40. The first-order valence-corrected chi connectivity index (χ1v) is 14.7. The van der Waals surface area contributed by atoms with Crippen LogP contribution in [0.25, 0.3) is 0 Å². The molecule has 0 saturated heterocycles. The summed E-state index contributed by atoms with van der Waals surface area (Å²) in [6, 6.07) is 9.08. The number of rotatable bonds is 13. The van der Waals surface area contributed by atoms with Crippen molar-refractivity contribution in [1.82, 2.24) is 0 Å². The van der Waals surface area contributed by atoms with Gasteiger partial charge in [0, 0.05) is 20.3 Å². The maximum atomic E-state index is 12.3. The SMILES string of the molecule is CC[C@H](O)[C@@H](O)[C@@H](O)COC(=O)c1ccc(CCC[C@@H]2[C@@H](CCc3cc(Cl)cc(Cl)c3)[C@H](O)C[C@H]2Cl)s1. The monoisotopic (exact) mass is 592 g/mol. The van der Waals surface area contributed by atoms with Crippen LogP contribution in [0.3, 0.4) is 0 Å². The van der Waals surface area contributed by atoms with Crippen molar-refractivity contribution in [2.45, 2.75) is 81.7 Å². The highest BCUT2D eigenvalue weighted by Crippen LogP contribution is 2.42. The highest BCUT2D eigenvalue weighted by molar-refractivity contribution is 7.13. The number of hydrogen-bond acceptors (Lipinski definition) is 7. The highest BCUT2D eigenvalue weighted by Gasteiger charge is 2.40. The van der Waals surface area contributed by atoms with Crippen molar-refractivity contribution >= 4 is 52.1 Å². The Labute approximate surface area is 237 Å². The molecule has 1 aromatic heterocycles. The normalized spacial score (nSPS) is 24.1. The number of thiophene rings is 1. The van der Waals surface area contributed by atoms with Crippen LogP contribution in [0.15, 0.2) is 30.3 Å². The van der Waals surface area contributed by atoms with E-state index in [0.717, 1.165) is 42.5 Å². The summed E-state index contributed by atoms with van der Waals surface area (Å²) in [5, 5.41) is 41.1. The number of esters is 1. The molecule has 10 heteroatoms. The number of benzene rings is 1. The molecule has 1 fully saturated rings. The molecule has 1 heterocycles. The van der Waals surface area contributed by atoms with Gasteiger partial charge in [-0.1, -0.05) is 30.1 Å². The second-order valence-electron chi connectivity index (χ2n) is 9.75. The van der Waals surface area contributed by atoms with Crippen molar-refractivity contribution in [2.24, 2.45) is 11.8 Å². The first kappa shape index (κ1) is 30.6. The van der Waals surface area contributed by atoms with Gasteiger partial charge < -0.3 is 25.2 Å². The number of carbonyl (C=O) groups is 1. The molecule has 7 atom stereocenters. The van der Waals surface area contributed by atoms with E-state index < -0.39 is 37.0 Å². The van der Waals surface area contributed by atoms with Crippen molar-refractivity contribution in [3.05, 3.63) is 55.7 Å². The molecule has 4 N–H and O–H groups in total. The van der Waals surface area contributed by atoms with Gasteiger partial charge in [0.05, 0.1) is 12.2 Å². The third kappa shape index (κ3) is 8.80. The summed E-state index contributed by atoms with van der Waals surface area (Å²) < 4.78 is 5.11. The topological polar surface area (TPSA) is 107 Å². The molecule has 0 aliphatic heterocycles. The third-order valence-corrected chi connectivity index (χ3v) is 9.14. The average Bonchev–Trinajstić information content (AvgIpc) is 3.43. The first-order valence-electron chi connectivity index (χ1n) is 12.7. The predicted octanol–water partition coefficient (Wildman–Crippen LogP) is 5.26. The second-order valence-corrected chi connectivity index (χ2v) is 12.4. The Balaban J connectivity index is 1.47. The number of ether oxygens (including phenoxy) is 1. The van der Waals surface area contributed by atoms with Crippen LogP contribution in [-0.2, 0) is 17.6 Å². The molecule has 1 saturated carbocycles. The number of aryl methyl sites for hydroxylation is 2. The van der Waals surface area contributed by atoms with E-state index in [-0.39, 0.29) is 23.6 Å². The van der Waals surface area contributed by atoms with Crippen LogP contribution < -0.4 is 0 Å². The van der Waals surface area contributed by atoms with Crippen LogP contribution in [-0.4, -0.2) is 62.8 Å². The molecule has 37 heavy (non-hydrogen) atoms. The molecule has 1 aliphatic carbocycles. The van der Waals surface area contributed by atoms with Crippen molar-refractivity contribution in [1.29, 1.82) is 0 Å². The van der Waals surface area contributed by atoms with Gasteiger partial charge in [-0.3, -0.25) is 0 Å². The van der Waals surface area contributed by atoms with E-state index in [1.54, 1.807) is 19.1 Å². The van der Waals surface area contributed by atoms with E-state index in [0.29, 0.717) is 21.3 Å². The zero-order valence-corrected chi connectivity index (χ0v) is 23.8. The Bertz CT molecular complexity index is 998. The molecule has 206 valence electrons. The van der Waals surface area contributed by atoms with Crippen LogP contribution in [0, 0.1) is 11.8 Å². The van der Waals surface area contributed by atoms with E-state index in [1.165, 1.54) is 11.3 Å². The molecule has 0 amide bonds. The lowest BCUT2D eigenvalue weighted by molar-refractivity contribution is -0.0802. The van der Waals surface area contributed by atoms with Gasteiger partial charge in [0.2, 0.25) is 0 Å². The van der Waals surface area contributed by atoms with Crippen LogP contribution in [0.2, 0.25) is 10.0 Å². The maximum Gasteiger partial charge on any atom is 0.348 e. The predicted molar refractivity (Wildman–Crippen MR) is 148 cm³/mol. The molecule has 0 bridgehead atoms. The number of carbonyl (C=O) groups excluding carboxylic acids is 1. The molecular formula is C27H35Cl3O6S. The quantitative estimate of drug-likeness (QED) is 0.186. The second kappa shape index (κ2) is 14.5. The largest absolute Gasteiger partial charge is 0.459 e. The molecule has 0 unspecified atom stereocenters. The fourth-order valence-corrected chi connectivity index (χ4v) is 7.00. The van der Waals surface area contributed by atoms with Gasteiger partial charge in [-0.15, -0.1) is 22.9 Å². The van der Waals surface area contributed by atoms with Crippen molar-refractivity contribution in [3.8, 4) is 0 Å². The van der Waals surface area contributed by atoms with E-state index in [1.807, 2.05) is 18.2 Å². The summed E-state index contributed by atoms with van der Waals surface area (Å²) in [6.45, 7) is 1.29. The standard InChI is InChI=1S/C27H35Cl3O6S/c1-2-22(31)26(34)24(33)14-36-27(35)25-9-7-18(37-25)4-3-5-19-20(23(32)13-21(19)30)8-6-15-10-16(28)12-17(29)11-15/h7,9-12,19-24,26,31-34H,2-6,8,13-14H2,1H3/t19-,20-,21-,22+,23-,24+,26-/m1/s1. The minimum absolute atomic E-state index is 0.0789. The zero-order valence-electron chi connectivity index (χ0n) is 20.7. The maximum absolute atomic E-state index is 12.3. The number of alkyl halides is 1. The minimum atomic E-state index is -1.37. The smallest absolute Gasteiger partial charge is 0.348 e. The van der Waals surface area contributed by atoms with Crippen molar-refractivity contribution in [3.63, 3.8) is 0 Å². The van der Waals surface area contributed by atoms with Crippen LogP contribution in [0.1, 0.15) is 59.1 Å². The lowest BCUT2D eigenvalue weighted by Gasteiger charge is -2.23. The Kier molecular flexibility index (Phi) is 12.0. The summed E-state index contributed by atoms with van der Waals surface area (Å²) in [5.41, 5.74) is 1.04. The molecular weight excluding hydrogens is 559 g/mol. The number of hydrogen-bond donors (Lipinski definition) is 4. The fraction of sp³-hybridized carbons (Fsp3) is 0.593. The summed E-state index contributed by atoms with van der Waals surface area (Å²) in [4.78, 5) is 13.8. The molecule has 1 aromatic carbocycles. The van der Waals surface area contributed by atoms with Gasteiger partial charge in [0.25, 0.3) is 0 Å². The van der Waals surface area contributed by atoms with Gasteiger partial charge in [-0.05, 0) is 92.7 Å². The van der Waals surface area contributed by atoms with Gasteiger partial charge >= 0.3 is 5.97 Å². The summed E-state index contributed by atoms with van der Waals surface area (Å²) in [6.07, 6.45) is 0.704. The Morgan fingerprint density at radius 2 is 1.76 bits per heavy atom. The molecule has 1 aliphatic rings. The highest BCUT2D eigenvalue weighted by atomic mass is 35.5. The van der Waals surface area contributed by atoms with E-state index in [2.05, 4.69) is 0 Å². The molecule has 0 spiro atoms. The lowest BCUT2D eigenvalue weighted by atomic mass is 9.85. The molecule has 2 aromatic rings. The summed E-state index contributed by atoms with van der Waals surface area (Å²) in [7, 11) is 0. The molecule has 6 nitrogen and oxygen atoms in total. The Hall–Kier alpha value is -0.900. The first-order chi connectivity index (χ1) is 17.6. The fourth-order valence-electron chi connectivity index (χ4n) is 4.99. The number of aliphatic hydroxyl groups is 4. The van der Waals surface area contributed by atoms with Crippen molar-refractivity contribution in [2.75, 3.05) is 6.61 Å². The van der Waals surface area contributed by atoms with Gasteiger partial charge in [-0.2, -0.15) is 0 Å². The average molecular weight is 594 g/mol. The molecule has 3 rings (SSSR count). The van der Waals surface area contributed by atoms with Crippen LogP contribution in [0.4, 0.5) is 0 Å². The van der Waals surface area contributed by atoms with E-state index in [9.17, 15) is 25.2 Å². The van der Waals surface area contributed by atoms with Gasteiger partial charge in [-0.25, -0.2) is 4.79 Å². The van der Waals surface area contributed by atoms with Crippen LogP contribution >= 0.6 is 46.1 Å². The van der Waals surface area contributed by atoms with Gasteiger partial charge in [0.1, 0.15) is 23.7 Å².